The fraction of sp³-hybridized carbons (Fsp3) is 0.0455. The van der Waals surface area contributed by atoms with Gasteiger partial charge >= 0.3 is 5.69 Å². The predicted octanol–water partition coefficient (Wildman–Crippen LogP) is 4.21. The van der Waals surface area contributed by atoms with E-state index >= 15 is 0 Å². The van der Waals surface area contributed by atoms with Gasteiger partial charge in [-0.15, -0.1) is 0 Å². The summed E-state index contributed by atoms with van der Waals surface area (Å²) < 4.78 is 1.40. The Morgan fingerprint density at radius 1 is 0.926 bits per heavy atom. The average molecular weight is 358 g/mol. The lowest BCUT2D eigenvalue weighted by molar-refractivity contribution is 0.448. The van der Waals surface area contributed by atoms with Gasteiger partial charge in [0.1, 0.15) is 11.5 Å². The first-order valence-corrected chi connectivity index (χ1v) is 8.54. The number of phenols is 2. The van der Waals surface area contributed by atoms with E-state index in [0.29, 0.717) is 22.3 Å². The molecular weight excluding hydrogens is 340 g/mol. The fourth-order valence-corrected chi connectivity index (χ4v) is 3.05. The summed E-state index contributed by atoms with van der Waals surface area (Å²) in [6.07, 6.45) is 3.62. The van der Waals surface area contributed by atoms with Gasteiger partial charge < -0.3 is 15.2 Å². The van der Waals surface area contributed by atoms with Crippen molar-refractivity contribution in [3.05, 3.63) is 87.8 Å². The summed E-state index contributed by atoms with van der Waals surface area (Å²) in [7, 11) is 0. The van der Waals surface area contributed by atoms with Gasteiger partial charge in [-0.3, -0.25) is 4.57 Å². The number of rotatable bonds is 3. The Hall–Kier alpha value is -3.73. The van der Waals surface area contributed by atoms with Gasteiger partial charge in [0.25, 0.3) is 0 Å². The van der Waals surface area contributed by atoms with E-state index < -0.39 is 0 Å². The third kappa shape index (κ3) is 3.11. The van der Waals surface area contributed by atoms with Gasteiger partial charge in [0.05, 0.1) is 16.7 Å². The monoisotopic (exact) mass is 358 g/mol. The summed E-state index contributed by atoms with van der Waals surface area (Å²) in [6.45, 7) is 2.02. The van der Waals surface area contributed by atoms with Crippen molar-refractivity contribution in [3.8, 4) is 17.2 Å². The van der Waals surface area contributed by atoms with Crippen LogP contribution in [0.2, 0.25) is 0 Å². The molecule has 3 aromatic carbocycles. The molecule has 0 spiro atoms. The zero-order valence-corrected chi connectivity index (χ0v) is 14.7. The molecule has 1 heterocycles. The molecule has 4 rings (SSSR count). The van der Waals surface area contributed by atoms with Crippen LogP contribution in [-0.2, 0) is 0 Å². The van der Waals surface area contributed by atoms with Crippen LogP contribution in [0.1, 0.15) is 16.7 Å². The van der Waals surface area contributed by atoms with Crippen LogP contribution in [0, 0.1) is 6.92 Å². The number of phenolic OH excluding ortho intramolecular Hbond substituents is 2. The molecule has 0 radical (unpaired) electrons. The average Bonchev–Trinajstić information content (AvgIpc) is 2.98. The number of aromatic nitrogens is 2. The van der Waals surface area contributed by atoms with Gasteiger partial charge in [-0.05, 0) is 30.7 Å². The molecule has 5 nitrogen and oxygen atoms in total. The van der Waals surface area contributed by atoms with Gasteiger partial charge in [-0.2, -0.15) is 0 Å². The molecule has 1 aromatic heterocycles. The summed E-state index contributed by atoms with van der Waals surface area (Å²) in [6, 6.07) is 18.1. The summed E-state index contributed by atoms with van der Waals surface area (Å²) >= 11 is 0. The van der Waals surface area contributed by atoms with Gasteiger partial charge in [-0.1, -0.05) is 54.1 Å². The lowest BCUT2D eigenvalue weighted by atomic mass is 10.1. The molecule has 0 amide bonds. The van der Waals surface area contributed by atoms with E-state index in [1.165, 1.54) is 16.2 Å². The third-order valence-electron chi connectivity index (χ3n) is 4.49. The highest BCUT2D eigenvalue weighted by Gasteiger charge is 2.14. The highest BCUT2D eigenvalue weighted by Crippen LogP contribution is 2.32. The third-order valence-corrected chi connectivity index (χ3v) is 4.49. The van der Waals surface area contributed by atoms with Crippen molar-refractivity contribution in [1.29, 1.82) is 0 Å². The Labute approximate surface area is 155 Å². The minimum Gasteiger partial charge on any atom is -0.507 e. The molecule has 0 unspecified atom stereocenters. The molecule has 0 fully saturated rings. The number of hydrogen-bond acceptors (Lipinski definition) is 3. The van der Waals surface area contributed by atoms with E-state index in [0.717, 1.165) is 5.56 Å². The first-order chi connectivity index (χ1) is 13.0. The molecule has 134 valence electrons. The Morgan fingerprint density at radius 3 is 2.44 bits per heavy atom. The number of benzene rings is 3. The van der Waals surface area contributed by atoms with Crippen LogP contribution in [-0.4, -0.2) is 19.8 Å². The van der Waals surface area contributed by atoms with Crippen LogP contribution in [0.3, 0.4) is 0 Å². The normalized spacial score (nSPS) is 11.4. The Kier molecular flexibility index (Phi) is 4.05. The maximum absolute atomic E-state index is 12.4. The van der Waals surface area contributed by atoms with Gasteiger partial charge in [0.15, 0.2) is 0 Å². The number of nitrogens with one attached hydrogen (secondary N) is 1. The number of nitrogens with zero attached hydrogens (tertiary/aromatic N) is 1. The maximum Gasteiger partial charge on any atom is 0.331 e. The summed E-state index contributed by atoms with van der Waals surface area (Å²) in [4.78, 5) is 15.2. The number of imidazole rings is 1. The zero-order valence-electron chi connectivity index (χ0n) is 14.7. The van der Waals surface area contributed by atoms with Crippen molar-refractivity contribution < 1.29 is 10.2 Å². The molecule has 0 aliphatic heterocycles. The lowest BCUT2D eigenvalue weighted by Gasteiger charge is -2.09. The molecule has 0 saturated heterocycles. The predicted molar refractivity (Wildman–Crippen MR) is 107 cm³/mol. The summed E-state index contributed by atoms with van der Waals surface area (Å²) in [5.74, 6) is -0.237. The number of para-hydroxylation sites is 2. The molecule has 4 aromatic rings. The van der Waals surface area contributed by atoms with E-state index in [4.69, 9.17) is 0 Å². The van der Waals surface area contributed by atoms with Gasteiger partial charge in [0, 0.05) is 11.6 Å². The second-order valence-electron chi connectivity index (χ2n) is 6.43. The molecule has 5 heteroatoms. The molecule has 27 heavy (non-hydrogen) atoms. The highest BCUT2D eigenvalue weighted by atomic mass is 16.3. The van der Waals surface area contributed by atoms with Gasteiger partial charge in [0.2, 0.25) is 0 Å². The van der Waals surface area contributed by atoms with Crippen LogP contribution in [0.15, 0.2) is 65.5 Å². The Morgan fingerprint density at radius 2 is 1.67 bits per heavy atom. The molecular formula is C22H18N2O3. The second-order valence-corrected chi connectivity index (χ2v) is 6.43. The quantitative estimate of drug-likeness (QED) is 0.480. The lowest BCUT2D eigenvalue weighted by Crippen LogP contribution is -2.14. The molecule has 0 aliphatic rings. The van der Waals surface area contributed by atoms with Crippen molar-refractivity contribution in [2.24, 2.45) is 0 Å². The number of aromatic amines is 1. The standard InChI is InChI=1S/C22H18N2O3/c1-14-6-8-15(9-7-14)10-11-16-12-19(21(26)13-20(16)25)24-18-5-3-2-4-17(18)23-22(24)27/h2-13,25-26H,1H3,(H,23,27). The largest absolute Gasteiger partial charge is 0.507 e. The maximum atomic E-state index is 12.4. The van der Waals surface area contributed by atoms with Crippen LogP contribution < -0.4 is 5.69 Å². The topological polar surface area (TPSA) is 78.2 Å². The van der Waals surface area contributed by atoms with Crippen LogP contribution in [0.4, 0.5) is 0 Å². The number of hydrogen-bond donors (Lipinski definition) is 3. The second kappa shape index (κ2) is 6.53. The number of aryl methyl sites for hydroxylation is 1. The van der Waals surface area contributed by atoms with Crippen LogP contribution in [0.5, 0.6) is 11.5 Å². The van der Waals surface area contributed by atoms with Crippen molar-refractivity contribution in [2.75, 3.05) is 0 Å². The highest BCUT2D eigenvalue weighted by molar-refractivity contribution is 5.80. The molecule has 0 bridgehead atoms. The first-order valence-electron chi connectivity index (χ1n) is 8.54. The minimum atomic E-state index is -0.356. The fourth-order valence-electron chi connectivity index (χ4n) is 3.05. The molecule has 0 atom stereocenters. The first kappa shape index (κ1) is 16.7. The minimum absolute atomic E-state index is 0.0625. The van der Waals surface area contributed by atoms with Crippen molar-refractivity contribution in [3.63, 3.8) is 0 Å². The Balaban J connectivity index is 1.83. The van der Waals surface area contributed by atoms with E-state index in [2.05, 4.69) is 4.98 Å². The van der Waals surface area contributed by atoms with Crippen molar-refractivity contribution in [1.82, 2.24) is 9.55 Å². The summed E-state index contributed by atoms with van der Waals surface area (Å²) in [5.41, 5.74) is 3.92. The molecule has 3 N–H and O–H groups in total. The summed E-state index contributed by atoms with van der Waals surface area (Å²) in [5, 5.41) is 20.5. The smallest absolute Gasteiger partial charge is 0.331 e. The zero-order chi connectivity index (χ0) is 19.0. The van der Waals surface area contributed by atoms with Gasteiger partial charge in [-0.25, -0.2) is 4.79 Å². The van der Waals surface area contributed by atoms with Crippen molar-refractivity contribution in [2.45, 2.75) is 6.92 Å². The SMILES string of the molecule is Cc1ccc(C=Cc2cc(-n3c(=O)[nH]c4ccccc43)c(O)cc2O)cc1. The number of H-pyrrole nitrogens is 1. The van der Waals surface area contributed by atoms with E-state index in [1.54, 1.807) is 24.3 Å². The van der Waals surface area contributed by atoms with E-state index in [1.807, 2.05) is 49.4 Å². The van der Waals surface area contributed by atoms with Crippen LogP contribution >= 0.6 is 0 Å². The van der Waals surface area contributed by atoms with Crippen molar-refractivity contribution >= 4 is 23.2 Å². The number of fused-ring (bicyclic) bond motifs is 1. The Bertz CT molecular complexity index is 1210. The molecule has 0 aliphatic carbocycles. The van der Waals surface area contributed by atoms with E-state index in [9.17, 15) is 15.0 Å². The van der Waals surface area contributed by atoms with Crippen LogP contribution in [0.25, 0.3) is 28.9 Å². The van der Waals surface area contributed by atoms with E-state index in [-0.39, 0.29) is 17.2 Å². The molecule has 0 saturated carbocycles. The number of aromatic hydroxyl groups is 2.